The molecule has 9 heteroatoms. The molecule has 1 N–H and O–H groups in total. The van der Waals surface area contributed by atoms with Gasteiger partial charge in [-0.05, 0) is 31.2 Å². The summed E-state index contributed by atoms with van der Waals surface area (Å²) >= 11 is 6.16. The lowest BCUT2D eigenvalue weighted by atomic mass is 10.0. The number of benzene rings is 2. The number of rotatable bonds is 4. The van der Waals surface area contributed by atoms with E-state index in [4.69, 9.17) is 16.1 Å². The first-order valence-electron chi connectivity index (χ1n) is 8.90. The van der Waals surface area contributed by atoms with Crippen molar-refractivity contribution >= 4 is 17.5 Å². The largest absolute Gasteiger partial charge is 0.355 e. The van der Waals surface area contributed by atoms with Crippen molar-refractivity contribution in [2.24, 2.45) is 0 Å². The van der Waals surface area contributed by atoms with Gasteiger partial charge in [-0.3, -0.25) is 4.79 Å². The van der Waals surface area contributed by atoms with Gasteiger partial charge >= 0.3 is 0 Å². The lowest BCUT2D eigenvalue weighted by Gasteiger charge is -2.07. The minimum Gasteiger partial charge on any atom is -0.355 e. The molecule has 1 amide bonds. The van der Waals surface area contributed by atoms with Crippen LogP contribution < -0.4 is 5.32 Å². The van der Waals surface area contributed by atoms with Crippen molar-refractivity contribution in [2.75, 3.05) is 7.05 Å². The quantitative estimate of drug-likeness (QED) is 0.507. The van der Waals surface area contributed by atoms with Gasteiger partial charge in [-0.25, -0.2) is 13.5 Å². The molecular weight excluding hydrogens is 414 g/mol. The highest BCUT2D eigenvalue weighted by atomic mass is 35.5. The summed E-state index contributed by atoms with van der Waals surface area (Å²) in [6, 6.07) is 10.3. The number of para-hydroxylation sites is 1. The molecule has 0 fully saturated rings. The van der Waals surface area contributed by atoms with Gasteiger partial charge in [0.05, 0.1) is 28.0 Å². The van der Waals surface area contributed by atoms with Crippen LogP contribution in [0.1, 0.15) is 16.1 Å². The molecule has 2 aromatic carbocycles. The van der Waals surface area contributed by atoms with Gasteiger partial charge in [-0.1, -0.05) is 35.0 Å². The third-order valence-corrected chi connectivity index (χ3v) is 5.00. The van der Waals surface area contributed by atoms with Crippen LogP contribution in [0.2, 0.25) is 5.02 Å². The highest BCUT2D eigenvalue weighted by Gasteiger charge is 2.29. The Labute approximate surface area is 175 Å². The van der Waals surface area contributed by atoms with Gasteiger partial charge in [0.25, 0.3) is 5.91 Å². The first-order chi connectivity index (χ1) is 14.4. The molecular formula is C21H15ClF2N4O2. The summed E-state index contributed by atoms with van der Waals surface area (Å²) in [6.07, 6.45) is 1.43. The Morgan fingerprint density at radius 2 is 1.87 bits per heavy atom. The second kappa shape index (κ2) is 7.72. The highest BCUT2D eigenvalue weighted by molar-refractivity contribution is 6.33. The van der Waals surface area contributed by atoms with E-state index < -0.39 is 17.5 Å². The molecule has 2 heterocycles. The Bertz CT molecular complexity index is 1250. The van der Waals surface area contributed by atoms with Crippen molar-refractivity contribution in [1.82, 2.24) is 20.3 Å². The van der Waals surface area contributed by atoms with Gasteiger partial charge in [-0.15, -0.1) is 0 Å². The second-order valence-electron chi connectivity index (χ2n) is 6.42. The van der Waals surface area contributed by atoms with Crippen molar-refractivity contribution in [3.05, 3.63) is 76.6 Å². The van der Waals surface area contributed by atoms with Gasteiger partial charge in [-0.2, -0.15) is 5.10 Å². The summed E-state index contributed by atoms with van der Waals surface area (Å²) in [6.45, 7) is 1.70. The van der Waals surface area contributed by atoms with Crippen LogP contribution in [0.3, 0.4) is 0 Å². The lowest BCUT2D eigenvalue weighted by Crippen LogP contribution is -2.19. The van der Waals surface area contributed by atoms with Crippen LogP contribution in [-0.2, 0) is 0 Å². The number of carbonyl (C=O) groups excluding carboxylic acids is 1. The van der Waals surface area contributed by atoms with E-state index in [9.17, 15) is 13.6 Å². The van der Waals surface area contributed by atoms with Crippen LogP contribution in [0.5, 0.6) is 0 Å². The topological polar surface area (TPSA) is 73.0 Å². The molecule has 0 bridgehead atoms. The minimum absolute atomic E-state index is 0.000633. The normalized spacial score (nSPS) is 11.0. The van der Waals surface area contributed by atoms with Gasteiger partial charge in [0.2, 0.25) is 0 Å². The maximum atomic E-state index is 14.5. The number of hydrogen-bond acceptors (Lipinski definition) is 4. The number of nitrogens with zero attached hydrogens (tertiary/aromatic N) is 3. The molecule has 0 aliphatic heterocycles. The van der Waals surface area contributed by atoms with Crippen molar-refractivity contribution in [3.63, 3.8) is 0 Å². The Kier molecular flexibility index (Phi) is 5.09. The van der Waals surface area contributed by atoms with Crippen LogP contribution in [0.25, 0.3) is 28.3 Å². The predicted molar refractivity (Wildman–Crippen MR) is 108 cm³/mol. The van der Waals surface area contributed by atoms with Crippen LogP contribution in [0.15, 0.2) is 53.2 Å². The number of amides is 1. The zero-order chi connectivity index (χ0) is 21.4. The third-order valence-electron chi connectivity index (χ3n) is 4.68. The van der Waals surface area contributed by atoms with Crippen LogP contribution >= 0.6 is 11.6 Å². The van der Waals surface area contributed by atoms with Crippen molar-refractivity contribution in [1.29, 1.82) is 0 Å². The van der Waals surface area contributed by atoms with Crippen molar-refractivity contribution in [3.8, 4) is 28.3 Å². The Morgan fingerprint density at radius 1 is 1.13 bits per heavy atom. The van der Waals surface area contributed by atoms with Crippen molar-refractivity contribution < 1.29 is 18.1 Å². The number of halogens is 3. The van der Waals surface area contributed by atoms with E-state index in [1.54, 1.807) is 25.1 Å². The fourth-order valence-electron chi connectivity index (χ4n) is 3.20. The molecule has 0 saturated heterocycles. The van der Waals surface area contributed by atoms with Crippen LogP contribution in [0, 0.1) is 18.6 Å². The molecule has 0 unspecified atom stereocenters. The zero-order valence-corrected chi connectivity index (χ0v) is 16.7. The number of carbonyl (C=O) groups is 1. The monoisotopic (exact) mass is 428 g/mol. The molecule has 152 valence electrons. The zero-order valence-electron chi connectivity index (χ0n) is 15.9. The summed E-state index contributed by atoms with van der Waals surface area (Å²) in [5.74, 6) is -1.58. The Hall–Kier alpha value is -3.52. The number of hydrogen-bond donors (Lipinski definition) is 1. The van der Waals surface area contributed by atoms with Gasteiger partial charge in [0.15, 0.2) is 5.76 Å². The van der Waals surface area contributed by atoms with Gasteiger partial charge in [0.1, 0.15) is 28.6 Å². The van der Waals surface area contributed by atoms with E-state index in [1.165, 1.54) is 42.2 Å². The highest BCUT2D eigenvalue weighted by Crippen LogP contribution is 2.38. The summed E-state index contributed by atoms with van der Waals surface area (Å²) < 4.78 is 35.5. The van der Waals surface area contributed by atoms with E-state index >= 15 is 0 Å². The maximum absolute atomic E-state index is 14.5. The molecule has 4 aromatic rings. The molecule has 0 spiro atoms. The van der Waals surface area contributed by atoms with Gasteiger partial charge in [0, 0.05) is 7.05 Å². The average Bonchev–Trinajstić information content (AvgIpc) is 3.31. The van der Waals surface area contributed by atoms with Gasteiger partial charge < -0.3 is 9.84 Å². The first-order valence-corrected chi connectivity index (χ1v) is 9.27. The first kappa shape index (κ1) is 19.8. The molecule has 0 aliphatic carbocycles. The molecule has 4 rings (SSSR count). The van der Waals surface area contributed by atoms with E-state index in [2.05, 4.69) is 15.6 Å². The molecule has 0 atom stereocenters. The summed E-state index contributed by atoms with van der Waals surface area (Å²) in [4.78, 5) is 12.7. The smallest absolute Gasteiger partial charge is 0.257 e. The van der Waals surface area contributed by atoms with Crippen molar-refractivity contribution in [2.45, 2.75) is 6.92 Å². The summed E-state index contributed by atoms with van der Waals surface area (Å²) in [5.41, 5.74) is 1.06. The summed E-state index contributed by atoms with van der Waals surface area (Å²) in [5, 5.41) is 10.7. The standard InChI is InChI=1S/C21H15ClF2N4O2/c1-11-12(10-26-28(11)16-9-4-3-7-14(16)23)20-18(21(29)25-2)19(27-30-20)17-13(22)6-5-8-15(17)24/h3-10H,1-2H3,(H,25,29). The minimum atomic E-state index is -0.647. The molecule has 2 aromatic heterocycles. The third kappa shape index (κ3) is 3.15. The SMILES string of the molecule is CNC(=O)c1c(-c2c(F)cccc2Cl)noc1-c1cnn(-c2ccccc2F)c1C. The Balaban J connectivity index is 1.93. The molecule has 0 aliphatic rings. The van der Waals surface area contributed by atoms with E-state index in [0.29, 0.717) is 11.3 Å². The van der Waals surface area contributed by atoms with Crippen LogP contribution in [0.4, 0.5) is 8.78 Å². The fraction of sp³-hybridized carbons (Fsp3) is 0.0952. The van der Waals surface area contributed by atoms with E-state index in [0.717, 1.165) is 0 Å². The number of aromatic nitrogens is 3. The number of nitrogens with one attached hydrogen (secondary N) is 1. The molecule has 6 nitrogen and oxygen atoms in total. The van der Waals surface area contributed by atoms with E-state index in [1.807, 2.05) is 0 Å². The molecule has 0 saturated carbocycles. The fourth-order valence-corrected chi connectivity index (χ4v) is 3.46. The second-order valence-corrected chi connectivity index (χ2v) is 6.83. The lowest BCUT2D eigenvalue weighted by molar-refractivity contribution is 0.0964. The average molecular weight is 429 g/mol. The van der Waals surface area contributed by atoms with Crippen LogP contribution in [-0.4, -0.2) is 27.9 Å². The Morgan fingerprint density at radius 3 is 2.57 bits per heavy atom. The molecule has 0 radical (unpaired) electrons. The maximum Gasteiger partial charge on any atom is 0.257 e. The molecule has 30 heavy (non-hydrogen) atoms. The van der Waals surface area contributed by atoms with E-state index in [-0.39, 0.29) is 33.3 Å². The predicted octanol–water partition coefficient (Wildman–Crippen LogP) is 4.79. The summed E-state index contributed by atoms with van der Waals surface area (Å²) in [7, 11) is 1.43.